The Morgan fingerprint density at radius 3 is 2.92 bits per heavy atom. The van der Waals surface area contributed by atoms with E-state index in [1.165, 1.54) is 9.08 Å². The van der Waals surface area contributed by atoms with Crippen molar-refractivity contribution in [3.63, 3.8) is 0 Å². The third-order valence-corrected chi connectivity index (χ3v) is 4.41. The standard InChI is InChI=1S/C16H20N4O4/c21-14(18-8-3-4-12(10-18)6-7-15(22)23)11-20-16(24)19-9-2-1-5-13(19)17-20/h1-2,5,9,12H,3-4,6-8,10-11H2,(H,22,23)/t12-/m1/s1. The van der Waals surface area contributed by atoms with Crippen LogP contribution in [-0.4, -0.2) is 49.2 Å². The molecule has 1 aliphatic rings. The van der Waals surface area contributed by atoms with Crippen LogP contribution in [0.1, 0.15) is 25.7 Å². The van der Waals surface area contributed by atoms with Gasteiger partial charge in [-0.2, -0.15) is 0 Å². The summed E-state index contributed by atoms with van der Waals surface area (Å²) in [5.41, 5.74) is 0.173. The number of aromatic nitrogens is 3. The molecule has 1 N–H and O–H groups in total. The average molecular weight is 332 g/mol. The molecular weight excluding hydrogens is 312 g/mol. The Morgan fingerprint density at radius 1 is 1.33 bits per heavy atom. The molecule has 1 saturated heterocycles. The zero-order chi connectivity index (χ0) is 17.1. The van der Waals surface area contributed by atoms with Crippen molar-refractivity contribution in [3.8, 4) is 0 Å². The summed E-state index contributed by atoms with van der Waals surface area (Å²) in [5.74, 6) is -0.758. The number of hydrogen-bond acceptors (Lipinski definition) is 4. The maximum atomic E-state index is 12.5. The second-order valence-corrected chi connectivity index (χ2v) is 6.15. The van der Waals surface area contributed by atoms with Gasteiger partial charge in [0.1, 0.15) is 6.54 Å². The lowest BCUT2D eigenvalue weighted by atomic mass is 9.93. The molecule has 1 fully saturated rings. The first-order valence-corrected chi connectivity index (χ1v) is 8.08. The third-order valence-electron chi connectivity index (χ3n) is 4.41. The van der Waals surface area contributed by atoms with Crippen LogP contribution in [0.4, 0.5) is 0 Å². The summed E-state index contributed by atoms with van der Waals surface area (Å²) in [6, 6.07) is 5.23. The van der Waals surface area contributed by atoms with Gasteiger partial charge in [0.25, 0.3) is 0 Å². The summed E-state index contributed by atoms with van der Waals surface area (Å²) in [6.07, 6.45) is 4.11. The number of carbonyl (C=O) groups excluding carboxylic acids is 1. The van der Waals surface area contributed by atoms with E-state index in [0.717, 1.165) is 12.8 Å². The zero-order valence-electron chi connectivity index (χ0n) is 13.3. The molecule has 2 aromatic heterocycles. The Balaban J connectivity index is 1.66. The van der Waals surface area contributed by atoms with Gasteiger partial charge in [-0.3, -0.25) is 14.0 Å². The molecule has 1 aliphatic heterocycles. The van der Waals surface area contributed by atoms with E-state index in [0.29, 0.717) is 25.2 Å². The molecule has 24 heavy (non-hydrogen) atoms. The van der Waals surface area contributed by atoms with Crippen molar-refractivity contribution in [2.24, 2.45) is 5.92 Å². The molecule has 3 rings (SSSR count). The van der Waals surface area contributed by atoms with Crippen LogP contribution < -0.4 is 5.69 Å². The molecule has 0 unspecified atom stereocenters. The van der Waals surface area contributed by atoms with Crippen LogP contribution in [0, 0.1) is 5.92 Å². The number of carbonyl (C=O) groups is 2. The molecule has 0 spiro atoms. The first-order valence-electron chi connectivity index (χ1n) is 8.08. The minimum Gasteiger partial charge on any atom is -0.481 e. The highest BCUT2D eigenvalue weighted by Crippen LogP contribution is 2.21. The van der Waals surface area contributed by atoms with Gasteiger partial charge in [-0.1, -0.05) is 6.07 Å². The maximum absolute atomic E-state index is 12.5. The number of likely N-dealkylation sites (tertiary alicyclic amines) is 1. The fraction of sp³-hybridized carbons (Fsp3) is 0.500. The van der Waals surface area contributed by atoms with Gasteiger partial charge in [0.15, 0.2) is 5.65 Å². The number of carboxylic acid groups (broad SMARTS) is 1. The lowest BCUT2D eigenvalue weighted by Gasteiger charge is -2.32. The fourth-order valence-corrected chi connectivity index (χ4v) is 3.15. The Labute approximate surface area is 138 Å². The first-order chi connectivity index (χ1) is 11.5. The number of pyridine rings is 1. The predicted molar refractivity (Wildman–Crippen MR) is 85.6 cm³/mol. The second-order valence-electron chi connectivity index (χ2n) is 6.15. The molecule has 8 heteroatoms. The van der Waals surface area contributed by atoms with E-state index in [9.17, 15) is 14.4 Å². The van der Waals surface area contributed by atoms with Crippen LogP contribution in [0.2, 0.25) is 0 Å². The van der Waals surface area contributed by atoms with Crippen molar-refractivity contribution in [3.05, 3.63) is 34.9 Å². The Morgan fingerprint density at radius 2 is 2.17 bits per heavy atom. The molecule has 8 nitrogen and oxygen atoms in total. The van der Waals surface area contributed by atoms with E-state index in [1.54, 1.807) is 29.3 Å². The SMILES string of the molecule is O=C(O)CC[C@H]1CCCN(C(=O)Cn2nc3ccccn3c2=O)C1. The van der Waals surface area contributed by atoms with Crippen LogP contribution in [-0.2, 0) is 16.1 Å². The number of aliphatic carboxylic acids is 1. The van der Waals surface area contributed by atoms with E-state index >= 15 is 0 Å². The molecule has 2 aromatic rings. The topological polar surface area (TPSA) is 96.9 Å². The molecule has 1 atom stereocenters. The minimum absolute atomic E-state index is 0.0911. The van der Waals surface area contributed by atoms with Crippen LogP contribution in [0.5, 0.6) is 0 Å². The highest BCUT2D eigenvalue weighted by molar-refractivity contribution is 5.76. The van der Waals surface area contributed by atoms with Gasteiger partial charge in [-0.15, -0.1) is 5.10 Å². The quantitative estimate of drug-likeness (QED) is 0.865. The van der Waals surface area contributed by atoms with Gasteiger partial charge in [-0.05, 0) is 37.3 Å². The Kier molecular flexibility index (Phi) is 4.64. The number of amides is 1. The van der Waals surface area contributed by atoms with Gasteiger partial charge in [0.2, 0.25) is 5.91 Å². The highest BCUT2D eigenvalue weighted by atomic mass is 16.4. The van der Waals surface area contributed by atoms with Crippen molar-refractivity contribution < 1.29 is 14.7 Å². The largest absolute Gasteiger partial charge is 0.481 e. The maximum Gasteiger partial charge on any atom is 0.350 e. The molecule has 0 bridgehead atoms. The number of rotatable bonds is 5. The monoisotopic (exact) mass is 332 g/mol. The highest BCUT2D eigenvalue weighted by Gasteiger charge is 2.25. The van der Waals surface area contributed by atoms with Gasteiger partial charge < -0.3 is 10.0 Å². The lowest BCUT2D eigenvalue weighted by Crippen LogP contribution is -2.43. The first kappa shape index (κ1) is 16.2. The predicted octanol–water partition coefficient (Wildman–Crippen LogP) is 0.599. The van der Waals surface area contributed by atoms with Gasteiger partial charge >= 0.3 is 11.7 Å². The fourth-order valence-electron chi connectivity index (χ4n) is 3.15. The molecule has 0 aliphatic carbocycles. The minimum atomic E-state index is -0.810. The molecule has 0 saturated carbocycles. The van der Waals surface area contributed by atoms with Gasteiger partial charge in [0.05, 0.1) is 0 Å². The number of carboxylic acids is 1. The van der Waals surface area contributed by atoms with E-state index in [2.05, 4.69) is 5.10 Å². The summed E-state index contributed by atoms with van der Waals surface area (Å²) in [7, 11) is 0. The number of fused-ring (bicyclic) bond motifs is 1. The van der Waals surface area contributed by atoms with Crippen LogP contribution in [0.3, 0.4) is 0 Å². The Bertz CT molecular complexity index is 810. The van der Waals surface area contributed by atoms with Crippen LogP contribution >= 0.6 is 0 Å². The Hall–Kier alpha value is -2.64. The number of hydrogen-bond donors (Lipinski definition) is 1. The van der Waals surface area contributed by atoms with Crippen molar-refractivity contribution >= 4 is 17.5 Å². The molecule has 3 heterocycles. The smallest absolute Gasteiger partial charge is 0.350 e. The summed E-state index contributed by atoms with van der Waals surface area (Å²) in [4.78, 5) is 37.1. The summed E-state index contributed by atoms with van der Waals surface area (Å²) < 4.78 is 2.58. The van der Waals surface area contributed by atoms with E-state index in [4.69, 9.17) is 5.11 Å². The molecule has 128 valence electrons. The van der Waals surface area contributed by atoms with Gasteiger partial charge in [-0.25, -0.2) is 9.48 Å². The van der Waals surface area contributed by atoms with Crippen molar-refractivity contribution in [1.82, 2.24) is 19.1 Å². The number of piperidine rings is 1. The normalized spacial score (nSPS) is 18.0. The van der Waals surface area contributed by atoms with Crippen molar-refractivity contribution in [1.29, 1.82) is 0 Å². The number of nitrogens with zero attached hydrogens (tertiary/aromatic N) is 4. The summed E-state index contributed by atoms with van der Waals surface area (Å²) in [5, 5.41) is 13.0. The van der Waals surface area contributed by atoms with E-state index < -0.39 is 5.97 Å². The van der Waals surface area contributed by atoms with Crippen molar-refractivity contribution in [2.75, 3.05) is 13.1 Å². The van der Waals surface area contributed by atoms with Crippen molar-refractivity contribution in [2.45, 2.75) is 32.2 Å². The second kappa shape index (κ2) is 6.86. The van der Waals surface area contributed by atoms with Gasteiger partial charge in [0, 0.05) is 25.7 Å². The zero-order valence-corrected chi connectivity index (χ0v) is 13.3. The molecule has 0 aromatic carbocycles. The van der Waals surface area contributed by atoms with Crippen LogP contribution in [0.25, 0.3) is 5.65 Å². The average Bonchev–Trinajstić information content (AvgIpc) is 2.89. The summed E-state index contributed by atoms with van der Waals surface area (Å²) >= 11 is 0. The molecular formula is C16H20N4O4. The summed E-state index contributed by atoms with van der Waals surface area (Å²) in [6.45, 7) is 1.10. The van der Waals surface area contributed by atoms with E-state index in [-0.39, 0.29) is 30.5 Å². The molecule has 1 amide bonds. The third kappa shape index (κ3) is 3.47. The van der Waals surface area contributed by atoms with Crippen LogP contribution in [0.15, 0.2) is 29.2 Å². The molecule has 0 radical (unpaired) electrons. The lowest BCUT2D eigenvalue weighted by molar-refractivity contribution is -0.137. The van der Waals surface area contributed by atoms with E-state index in [1.807, 2.05) is 0 Å².